The molecule has 23 heavy (non-hydrogen) atoms. The number of hydrogen-bond donors (Lipinski definition) is 1. The van der Waals surface area contributed by atoms with Crippen LogP contribution in [0.1, 0.15) is 40.5 Å². The number of nitrogens with zero attached hydrogens (tertiary/aromatic N) is 1. The Balaban J connectivity index is 2.44. The highest BCUT2D eigenvalue weighted by Gasteiger charge is 2.55. The van der Waals surface area contributed by atoms with Crippen LogP contribution in [0.3, 0.4) is 0 Å². The van der Waals surface area contributed by atoms with Gasteiger partial charge in [0.25, 0.3) is 17.6 Å². The van der Waals surface area contributed by atoms with Gasteiger partial charge in [-0.05, 0) is 19.1 Å². The van der Waals surface area contributed by atoms with Gasteiger partial charge in [0, 0.05) is 6.42 Å². The summed E-state index contributed by atoms with van der Waals surface area (Å²) in [7, 11) is 0. The van der Waals surface area contributed by atoms with E-state index in [4.69, 9.17) is 5.11 Å². The lowest BCUT2D eigenvalue weighted by atomic mass is 10.1. The standard InChI is InChI=1S/C15H14FNO6/c1-2-23-14(22)15(16,8-7-11(18)19)17-12(20)9-5-3-4-6-10(9)13(17)21/h3-6H,2,7-8H2,1H3,(H,18,19). The van der Waals surface area contributed by atoms with E-state index in [9.17, 15) is 19.2 Å². The SMILES string of the molecule is CCOC(=O)C(F)(CCC(=O)O)N1C(=O)c2ccccc2C1=O. The van der Waals surface area contributed by atoms with Crippen molar-refractivity contribution in [1.29, 1.82) is 0 Å². The van der Waals surface area contributed by atoms with E-state index in [1.54, 1.807) is 0 Å². The molecule has 1 aromatic rings. The molecule has 1 atom stereocenters. The Morgan fingerprint density at radius 2 is 1.74 bits per heavy atom. The molecule has 1 aliphatic rings. The number of aliphatic carboxylic acids is 1. The zero-order valence-electron chi connectivity index (χ0n) is 12.2. The summed E-state index contributed by atoms with van der Waals surface area (Å²) >= 11 is 0. The van der Waals surface area contributed by atoms with Crippen LogP contribution in [-0.2, 0) is 14.3 Å². The third-order valence-corrected chi connectivity index (χ3v) is 3.41. The lowest BCUT2D eigenvalue weighted by Crippen LogP contribution is -2.55. The number of hydrogen-bond acceptors (Lipinski definition) is 5. The number of benzene rings is 1. The van der Waals surface area contributed by atoms with Gasteiger partial charge in [-0.25, -0.2) is 14.1 Å². The number of alkyl halides is 1. The Hall–Kier alpha value is -2.77. The van der Waals surface area contributed by atoms with Crippen molar-refractivity contribution in [3.63, 3.8) is 0 Å². The number of carboxylic acids is 1. The van der Waals surface area contributed by atoms with Gasteiger partial charge < -0.3 is 9.84 Å². The Labute approximate surface area is 130 Å². The molecule has 2 amide bonds. The molecule has 0 aromatic heterocycles. The van der Waals surface area contributed by atoms with E-state index in [0.29, 0.717) is 0 Å². The Morgan fingerprint density at radius 3 is 2.17 bits per heavy atom. The molecule has 7 nitrogen and oxygen atoms in total. The fraction of sp³-hybridized carbons (Fsp3) is 0.333. The number of rotatable bonds is 6. The zero-order chi connectivity index (χ0) is 17.2. The van der Waals surface area contributed by atoms with Crippen LogP contribution in [0, 0.1) is 0 Å². The monoisotopic (exact) mass is 323 g/mol. The zero-order valence-corrected chi connectivity index (χ0v) is 12.2. The third kappa shape index (κ3) is 2.79. The summed E-state index contributed by atoms with van der Waals surface area (Å²) in [4.78, 5) is 47.5. The second-order valence-electron chi connectivity index (χ2n) is 4.86. The number of amides is 2. The van der Waals surface area contributed by atoms with Crippen molar-refractivity contribution in [2.24, 2.45) is 0 Å². The van der Waals surface area contributed by atoms with Crippen LogP contribution in [0.2, 0.25) is 0 Å². The molecular formula is C15H14FNO6. The molecule has 1 N–H and O–H groups in total. The van der Waals surface area contributed by atoms with Crippen molar-refractivity contribution in [2.45, 2.75) is 25.6 Å². The first-order chi connectivity index (χ1) is 10.8. The Bertz CT molecular complexity index is 653. The number of carbonyl (C=O) groups excluding carboxylic acids is 3. The van der Waals surface area contributed by atoms with Gasteiger partial charge in [-0.1, -0.05) is 12.1 Å². The maximum atomic E-state index is 15.2. The minimum Gasteiger partial charge on any atom is -0.481 e. The molecule has 8 heteroatoms. The number of ether oxygens (including phenoxy) is 1. The second-order valence-corrected chi connectivity index (χ2v) is 4.86. The smallest absolute Gasteiger partial charge is 0.365 e. The van der Waals surface area contributed by atoms with Gasteiger partial charge in [-0.15, -0.1) is 0 Å². The minimum atomic E-state index is -3.17. The molecule has 1 unspecified atom stereocenters. The Morgan fingerprint density at radius 1 is 1.22 bits per heavy atom. The van der Waals surface area contributed by atoms with Gasteiger partial charge in [-0.3, -0.25) is 14.4 Å². The van der Waals surface area contributed by atoms with Gasteiger partial charge in [0.1, 0.15) is 0 Å². The Kier molecular flexibility index (Phi) is 4.44. The molecule has 1 aromatic carbocycles. The summed E-state index contributed by atoms with van der Waals surface area (Å²) in [5.74, 6) is -7.98. The van der Waals surface area contributed by atoms with E-state index in [2.05, 4.69) is 4.74 Å². The number of halogens is 1. The van der Waals surface area contributed by atoms with Gasteiger partial charge in [0.2, 0.25) is 0 Å². The summed E-state index contributed by atoms with van der Waals surface area (Å²) < 4.78 is 19.8. The molecule has 0 saturated heterocycles. The summed E-state index contributed by atoms with van der Waals surface area (Å²) in [6, 6.07) is 5.65. The maximum Gasteiger partial charge on any atom is 0.365 e. The molecule has 0 spiro atoms. The van der Waals surface area contributed by atoms with E-state index < -0.39 is 42.4 Å². The van der Waals surface area contributed by atoms with Crippen molar-refractivity contribution in [1.82, 2.24) is 4.90 Å². The molecule has 0 aliphatic carbocycles. The second kappa shape index (κ2) is 6.15. The minimum absolute atomic E-state index is 0.0425. The van der Waals surface area contributed by atoms with Crippen molar-refractivity contribution in [2.75, 3.05) is 6.61 Å². The van der Waals surface area contributed by atoms with Gasteiger partial charge >= 0.3 is 11.9 Å². The quantitative estimate of drug-likeness (QED) is 0.482. The van der Waals surface area contributed by atoms with E-state index in [-0.39, 0.29) is 22.6 Å². The number of carboxylic acid groups (broad SMARTS) is 1. The van der Waals surface area contributed by atoms with Gasteiger partial charge in [0.05, 0.1) is 24.2 Å². The number of fused-ring (bicyclic) bond motifs is 1. The first kappa shape index (κ1) is 16.6. The fourth-order valence-corrected chi connectivity index (χ4v) is 2.33. The summed E-state index contributed by atoms with van der Waals surface area (Å²) in [6.07, 6.45) is -1.63. The van der Waals surface area contributed by atoms with Crippen LogP contribution in [-0.4, -0.2) is 46.2 Å². The highest BCUT2D eigenvalue weighted by atomic mass is 19.1. The van der Waals surface area contributed by atoms with Crippen LogP contribution in [0.25, 0.3) is 0 Å². The van der Waals surface area contributed by atoms with Crippen molar-refractivity contribution >= 4 is 23.8 Å². The molecule has 122 valence electrons. The molecule has 0 radical (unpaired) electrons. The number of carbonyl (C=O) groups is 4. The molecular weight excluding hydrogens is 309 g/mol. The summed E-state index contributed by atoms with van der Waals surface area (Å²) in [5, 5.41) is 8.73. The van der Waals surface area contributed by atoms with E-state index in [0.717, 1.165) is 0 Å². The van der Waals surface area contributed by atoms with Gasteiger partial charge in [0.15, 0.2) is 0 Å². The largest absolute Gasteiger partial charge is 0.481 e. The summed E-state index contributed by atoms with van der Waals surface area (Å²) in [6.45, 7) is 1.25. The van der Waals surface area contributed by atoms with E-state index >= 15 is 4.39 Å². The molecule has 0 bridgehead atoms. The average molecular weight is 323 g/mol. The maximum absolute atomic E-state index is 15.2. The molecule has 2 rings (SSSR count). The molecule has 0 saturated carbocycles. The summed E-state index contributed by atoms with van der Waals surface area (Å²) in [5.41, 5.74) is -0.0849. The molecule has 0 fully saturated rings. The van der Waals surface area contributed by atoms with Crippen LogP contribution in [0.5, 0.6) is 0 Å². The predicted molar refractivity (Wildman–Crippen MR) is 74.3 cm³/mol. The van der Waals surface area contributed by atoms with Crippen LogP contribution in [0.4, 0.5) is 4.39 Å². The molecule has 1 aliphatic heterocycles. The highest BCUT2D eigenvalue weighted by Crippen LogP contribution is 2.34. The molecule has 1 heterocycles. The lowest BCUT2D eigenvalue weighted by molar-refractivity contribution is -0.168. The first-order valence-electron chi connectivity index (χ1n) is 6.88. The average Bonchev–Trinajstić information content (AvgIpc) is 2.77. The third-order valence-electron chi connectivity index (χ3n) is 3.41. The van der Waals surface area contributed by atoms with Crippen molar-refractivity contribution in [3.8, 4) is 0 Å². The topological polar surface area (TPSA) is 101 Å². The first-order valence-corrected chi connectivity index (χ1v) is 6.88. The van der Waals surface area contributed by atoms with Crippen molar-refractivity contribution in [3.05, 3.63) is 35.4 Å². The van der Waals surface area contributed by atoms with Crippen LogP contribution >= 0.6 is 0 Å². The lowest BCUT2D eigenvalue weighted by Gasteiger charge is -2.30. The fourth-order valence-electron chi connectivity index (χ4n) is 2.33. The van der Waals surface area contributed by atoms with E-state index in [1.807, 2.05) is 0 Å². The van der Waals surface area contributed by atoms with Crippen LogP contribution < -0.4 is 0 Å². The number of imide groups is 1. The number of esters is 1. The normalized spacial score (nSPS) is 16.0. The van der Waals surface area contributed by atoms with E-state index in [1.165, 1.54) is 31.2 Å². The van der Waals surface area contributed by atoms with Crippen molar-refractivity contribution < 1.29 is 33.4 Å². The van der Waals surface area contributed by atoms with Crippen LogP contribution in [0.15, 0.2) is 24.3 Å². The predicted octanol–water partition coefficient (Wildman–Crippen LogP) is 1.38. The van der Waals surface area contributed by atoms with Gasteiger partial charge in [-0.2, -0.15) is 0 Å². The highest BCUT2D eigenvalue weighted by molar-refractivity contribution is 6.23.